The van der Waals surface area contributed by atoms with Gasteiger partial charge in [-0.15, -0.1) is 0 Å². The SMILES string of the molecule is O=C(CC1CCCC1)NC1CCC(C(=O)NCc2ccccc2)CC1. The standard InChI is InChI=1S/C21H30N2O2/c24-20(14-16-6-4-5-7-16)23-19-12-10-18(11-13-19)21(25)22-15-17-8-2-1-3-9-17/h1-3,8-9,16,18-19H,4-7,10-15H2,(H,22,25)(H,23,24). The largest absolute Gasteiger partial charge is 0.353 e. The molecule has 0 unspecified atom stereocenters. The molecule has 0 aromatic heterocycles. The molecule has 25 heavy (non-hydrogen) atoms. The fraction of sp³-hybridized carbons (Fsp3) is 0.619. The van der Waals surface area contributed by atoms with E-state index in [-0.39, 0.29) is 23.8 Å². The predicted molar refractivity (Wildman–Crippen MR) is 98.8 cm³/mol. The summed E-state index contributed by atoms with van der Waals surface area (Å²) < 4.78 is 0. The average Bonchev–Trinajstić information content (AvgIpc) is 3.14. The highest BCUT2D eigenvalue weighted by Gasteiger charge is 2.27. The Balaban J connectivity index is 1.34. The van der Waals surface area contributed by atoms with Crippen molar-refractivity contribution in [3.8, 4) is 0 Å². The monoisotopic (exact) mass is 342 g/mol. The molecule has 4 nitrogen and oxygen atoms in total. The molecule has 4 heteroatoms. The maximum Gasteiger partial charge on any atom is 0.223 e. The maximum atomic E-state index is 12.3. The topological polar surface area (TPSA) is 58.2 Å². The van der Waals surface area contributed by atoms with Gasteiger partial charge in [0.15, 0.2) is 0 Å². The van der Waals surface area contributed by atoms with Gasteiger partial charge < -0.3 is 10.6 Å². The lowest BCUT2D eigenvalue weighted by molar-refractivity contribution is -0.126. The van der Waals surface area contributed by atoms with Crippen LogP contribution in [-0.2, 0) is 16.1 Å². The molecule has 0 saturated heterocycles. The number of nitrogens with one attached hydrogen (secondary N) is 2. The molecule has 0 radical (unpaired) electrons. The number of hydrogen-bond acceptors (Lipinski definition) is 2. The highest BCUT2D eigenvalue weighted by molar-refractivity contribution is 5.79. The number of hydrogen-bond donors (Lipinski definition) is 2. The van der Waals surface area contributed by atoms with Crippen LogP contribution in [0.25, 0.3) is 0 Å². The molecule has 2 aliphatic carbocycles. The Morgan fingerprint density at radius 2 is 1.60 bits per heavy atom. The highest BCUT2D eigenvalue weighted by Crippen LogP contribution is 2.28. The molecular weight excluding hydrogens is 312 g/mol. The zero-order valence-electron chi connectivity index (χ0n) is 15.0. The van der Waals surface area contributed by atoms with Crippen molar-refractivity contribution in [3.63, 3.8) is 0 Å². The third-order valence-corrected chi connectivity index (χ3v) is 5.72. The summed E-state index contributed by atoms with van der Waals surface area (Å²) in [6, 6.07) is 10.3. The third kappa shape index (κ3) is 5.58. The van der Waals surface area contributed by atoms with E-state index in [1.165, 1.54) is 25.7 Å². The van der Waals surface area contributed by atoms with Crippen LogP contribution in [0.4, 0.5) is 0 Å². The minimum absolute atomic E-state index is 0.0895. The Kier molecular flexibility index (Phi) is 6.48. The summed E-state index contributed by atoms with van der Waals surface area (Å²) in [6.07, 6.45) is 9.24. The molecule has 0 atom stereocenters. The van der Waals surface area contributed by atoms with E-state index in [1.54, 1.807) is 0 Å². The van der Waals surface area contributed by atoms with Crippen molar-refractivity contribution in [3.05, 3.63) is 35.9 Å². The third-order valence-electron chi connectivity index (χ3n) is 5.72. The normalized spacial score (nSPS) is 24.0. The van der Waals surface area contributed by atoms with Gasteiger partial charge in [-0.25, -0.2) is 0 Å². The van der Waals surface area contributed by atoms with Crippen LogP contribution in [0.1, 0.15) is 63.4 Å². The number of amides is 2. The van der Waals surface area contributed by atoms with Gasteiger partial charge >= 0.3 is 0 Å². The second-order valence-corrected chi connectivity index (χ2v) is 7.67. The van der Waals surface area contributed by atoms with Crippen LogP contribution >= 0.6 is 0 Å². The van der Waals surface area contributed by atoms with Gasteiger partial charge in [0.05, 0.1) is 0 Å². The molecule has 2 saturated carbocycles. The molecule has 3 rings (SSSR count). The Bertz CT molecular complexity index is 559. The first kappa shape index (κ1) is 18.0. The van der Waals surface area contributed by atoms with Crippen molar-refractivity contribution in [2.75, 3.05) is 0 Å². The summed E-state index contributed by atoms with van der Waals surface area (Å²) in [5.41, 5.74) is 1.13. The summed E-state index contributed by atoms with van der Waals surface area (Å²) in [5.74, 6) is 1.05. The first-order valence-electron chi connectivity index (χ1n) is 9.81. The molecule has 2 fully saturated rings. The van der Waals surface area contributed by atoms with E-state index >= 15 is 0 Å². The minimum atomic E-state index is 0.0895. The van der Waals surface area contributed by atoms with Crippen LogP contribution in [0.2, 0.25) is 0 Å². The van der Waals surface area contributed by atoms with E-state index in [0.29, 0.717) is 18.9 Å². The van der Waals surface area contributed by atoms with E-state index in [9.17, 15) is 9.59 Å². The number of carbonyl (C=O) groups is 2. The van der Waals surface area contributed by atoms with Crippen molar-refractivity contribution in [2.24, 2.45) is 11.8 Å². The van der Waals surface area contributed by atoms with Crippen molar-refractivity contribution in [2.45, 2.75) is 70.4 Å². The van der Waals surface area contributed by atoms with Gasteiger partial charge in [-0.1, -0.05) is 43.2 Å². The molecule has 0 heterocycles. The van der Waals surface area contributed by atoms with Crippen molar-refractivity contribution in [1.29, 1.82) is 0 Å². The smallest absolute Gasteiger partial charge is 0.223 e. The molecule has 1 aromatic carbocycles. The van der Waals surface area contributed by atoms with Gasteiger partial charge in [0.2, 0.25) is 11.8 Å². The van der Waals surface area contributed by atoms with Gasteiger partial charge in [-0.05, 0) is 50.0 Å². The van der Waals surface area contributed by atoms with Crippen LogP contribution in [0, 0.1) is 11.8 Å². The number of benzene rings is 1. The van der Waals surface area contributed by atoms with Crippen molar-refractivity contribution < 1.29 is 9.59 Å². The summed E-state index contributed by atoms with van der Waals surface area (Å²) in [5, 5.41) is 6.24. The van der Waals surface area contributed by atoms with E-state index < -0.39 is 0 Å². The molecule has 0 spiro atoms. The Morgan fingerprint density at radius 3 is 2.28 bits per heavy atom. The van der Waals surface area contributed by atoms with Gasteiger partial charge in [-0.2, -0.15) is 0 Å². The second kappa shape index (κ2) is 9.02. The molecule has 2 N–H and O–H groups in total. The van der Waals surface area contributed by atoms with Crippen molar-refractivity contribution in [1.82, 2.24) is 10.6 Å². The molecular formula is C21H30N2O2. The molecule has 0 aliphatic heterocycles. The lowest BCUT2D eigenvalue weighted by atomic mass is 9.85. The van der Waals surface area contributed by atoms with Gasteiger partial charge in [0.25, 0.3) is 0 Å². The predicted octanol–water partition coefficient (Wildman–Crippen LogP) is 3.56. The van der Waals surface area contributed by atoms with Crippen LogP contribution in [0.5, 0.6) is 0 Å². The van der Waals surface area contributed by atoms with Gasteiger partial charge in [0, 0.05) is 24.9 Å². The molecule has 2 aliphatic rings. The van der Waals surface area contributed by atoms with E-state index in [1.807, 2.05) is 30.3 Å². The number of rotatable bonds is 6. The van der Waals surface area contributed by atoms with Crippen LogP contribution in [-0.4, -0.2) is 17.9 Å². The van der Waals surface area contributed by atoms with E-state index in [2.05, 4.69) is 10.6 Å². The van der Waals surface area contributed by atoms with Gasteiger partial charge in [0.1, 0.15) is 0 Å². The highest BCUT2D eigenvalue weighted by atomic mass is 16.2. The minimum Gasteiger partial charge on any atom is -0.353 e. The fourth-order valence-electron chi connectivity index (χ4n) is 4.19. The van der Waals surface area contributed by atoms with E-state index in [4.69, 9.17) is 0 Å². The van der Waals surface area contributed by atoms with Crippen molar-refractivity contribution >= 4 is 11.8 Å². The summed E-state index contributed by atoms with van der Waals surface area (Å²) in [4.78, 5) is 24.5. The van der Waals surface area contributed by atoms with Crippen LogP contribution in [0.3, 0.4) is 0 Å². The maximum absolute atomic E-state index is 12.3. The lowest BCUT2D eigenvalue weighted by Crippen LogP contribution is -2.41. The first-order chi connectivity index (χ1) is 12.2. The second-order valence-electron chi connectivity index (χ2n) is 7.67. The Morgan fingerprint density at radius 1 is 0.920 bits per heavy atom. The Labute approximate surface area is 150 Å². The fourth-order valence-corrected chi connectivity index (χ4v) is 4.19. The summed E-state index contributed by atoms with van der Waals surface area (Å²) in [6.45, 7) is 0.595. The van der Waals surface area contributed by atoms with Gasteiger partial charge in [-0.3, -0.25) is 9.59 Å². The quantitative estimate of drug-likeness (QED) is 0.830. The average molecular weight is 342 g/mol. The summed E-state index contributed by atoms with van der Waals surface area (Å²) in [7, 11) is 0. The molecule has 136 valence electrons. The molecule has 2 amide bonds. The Hall–Kier alpha value is -1.84. The number of carbonyl (C=O) groups excluding carboxylic acids is 2. The summed E-state index contributed by atoms with van der Waals surface area (Å²) >= 11 is 0. The molecule has 0 bridgehead atoms. The zero-order chi connectivity index (χ0) is 17.5. The van der Waals surface area contributed by atoms with E-state index in [0.717, 1.165) is 31.2 Å². The van der Waals surface area contributed by atoms with Crippen LogP contribution < -0.4 is 10.6 Å². The molecule has 1 aromatic rings. The first-order valence-corrected chi connectivity index (χ1v) is 9.81. The van der Waals surface area contributed by atoms with Crippen LogP contribution in [0.15, 0.2) is 30.3 Å². The zero-order valence-corrected chi connectivity index (χ0v) is 15.0. The lowest BCUT2D eigenvalue weighted by Gasteiger charge is -2.28.